The van der Waals surface area contributed by atoms with Gasteiger partial charge in [-0.05, 0) is 50.2 Å². The van der Waals surface area contributed by atoms with Crippen LogP contribution in [0.1, 0.15) is 16.8 Å². The van der Waals surface area contributed by atoms with Crippen molar-refractivity contribution in [2.75, 3.05) is 25.1 Å². The zero-order valence-corrected chi connectivity index (χ0v) is 23.9. The van der Waals surface area contributed by atoms with Crippen LogP contribution in [0.15, 0.2) is 82.8 Å². The number of para-hydroxylation sites is 1. The predicted molar refractivity (Wildman–Crippen MR) is 154 cm³/mol. The molecule has 0 spiro atoms. The minimum atomic E-state index is -4.17. The molecule has 12 heteroatoms. The van der Waals surface area contributed by atoms with Gasteiger partial charge in [0.05, 0.1) is 48.0 Å². The molecule has 1 heterocycles. The number of hydrazone groups is 1. The van der Waals surface area contributed by atoms with Gasteiger partial charge in [0.2, 0.25) is 0 Å². The van der Waals surface area contributed by atoms with Gasteiger partial charge in [-0.2, -0.15) is 10.2 Å². The summed E-state index contributed by atoms with van der Waals surface area (Å²) >= 11 is 6.33. The number of rotatable bonds is 10. The highest BCUT2D eigenvalue weighted by Gasteiger charge is 2.29. The van der Waals surface area contributed by atoms with Gasteiger partial charge in [0.15, 0.2) is 5.15 Å². The predicted octanol–water partition coefficient (Wildman–Crippen LogP) is 4.51. The number of ether oxygens (including phenoxy) is 2. The Labute approximate surface area is 237 Å². The number of carbonyl (C=O) groups excluding carboxylic acids is 1. The number of carbonyl (C=O) groups is 1. The highest BCUT2D eigenvalue weighted by molar-refractivity contribution is 7.92. The van der Waals surface area contributed by atoms with E-state index >= 15 is 0 Å². The largest absolute Gasteiger partial charge is 0.497 e. The van der Waals surface area contributed by atoms with Gasteiger partial charge in [0.1, 0.15) is 18.0 Å². The molecule has 0 aliphatic heterocycles. The number of aromatic nitrogens is 2. The number of sulfonamides is 1. The average Bonchev–Trinajstić information content (AvgIpc) is 3.24. The van der Waals surface area contributed by atoms with E-state index in [4.69, 9.17) is 21.1 Å². The zero-order valence-electron chi connectivity index (χ0n) is 22.3. The molecule has 10 nitrogen and oxygen atoms in total. The van der Waals surface area contributed by atoms with Crippen LogP contribution < -0.4 is 19.2 Å². The first-order valence-electron chi connectivity index (χ1n) is 12.1. The van der Waals surface area contributed by atoms with Crippen molar-refractivity contribution < 1.29 is 22.7 Å². The van der Waals surface area contributed by atoms with Crippen molar-refractivity contribution in [3.05, 3.63) is 94.8 Å². The number of nitrogens with one attached hydrogen (secondary N) is 1. The fourth-order valence-corrected chi connectivity index (χ4v) is 5.60. The van der Waals surface area contributed by atoms with Gasteiger partial charge in [-0.3, -0.25) is 9.10 Å². The van der Waals surface area contributed by atoms with E-state index in [0.29, 0.717) is 17.0 Å². The molecule has 1 amide bonds. The molecule has 0 radical (unpaired) electrons. The normalized spacial score (nSPS) is 11.4. The molecule has 4 aromatic rings. The Hall–Kier alpha value is -4.35. The summed E-state index contributed by atoms with van der Waals surface area (Å²) in [5.41, 5.74) is 5.47. The molecular weight excluding hydrogens is 554 g/mol. The van der Waals surface area contributed by atoms with Crippen molar-refractivity contribution in [2.45, 2.75) is 18.7 Å². The van der Waals surface area contributed by atoms with Gasteiger partial charge in [-0.1, -0.05) is 47.5 Å². The van der Waals surface area contributed by atoms with E-state index in [0.717, 1.165) is 15.6 Å². The van der Waals surface area contributed by atoms with E-state index < -0.39 is 22.5 Å². The second-order valence-electron chi connectivity index (χ2n) is 8.69. The topological polar surface area (TPSA) is 115 Å². The Bertz CT molecular complexity index is 1640. The highest BCUT2D eigenvalue weighted by Crippen LogP contribution is 2.35. The van der Waals surface area contributed by atoms with Crippen molar-refractivity contribution in [1.29, 1.82) is 0 Å². The molecule has 0 fully saturated rings. The molecule has 208 valence electrons. The van der Waals surface area contributed by atoms with Crippen LogP contribution in [0.2, 0.25) is 5.15 Å². The first kappa shape index (κ1) is 28.7. The number of hydrogen-bond acceptors (Lipinski definition) is 7. The van der Waals surface area contributed by atoms with Crippen LogP contribution in [-0.2, 0) is 14.8 Å². The highest BCUT2D eigenvalue weighted by atomic mass is 35.5. The Morgan fingerprint density at radius 2 is 1.75 bits per heavy atom. The van der Waals surface area contributed by atoms with E-state index in [9.17, 15) is 13.2 Å². The maximum Gasteiger partial charge on any atom is 0.264 e. The maximum atomic E-state index is 13.7. The van der Waals surface area contributed by atoms with Crippen molar-refractivity contribution in [3.8, 4) is 17.2 Å². The van der Waals surface area contributed by atoms with Gasteiger partial charge in [-0.25, -0.2) is 18.5 Å². The molecule has 40 heavy (non-hydrogen) atoms. The maximum absolute atomic E-state index is 13.7. The van der Waals surface area contributed by atoms with Crippen LogP contribution in [0.5, 0.6) is 11.5 Å². The van der Waals surface area contributed by atoms with Gasteiger partial charge >= 0.3 is 0 Å². The quantitative estimate of drug-likeness (QED) is 0.218. The minimum absolute atomic E-state index is 0.0167. The van der Waals surface area contributed by atoms with Crippen LogP contribution in [0.25, 0.3) is 5.69 Å². The lowest BCUT2D eigenvalue weighted by Gasteiger charge is -2.25. The second kappa shape index (κ2) is 12.2. The number of hydrogen-bond donors (Lipinski definition) is 1. The van der Waals surface area contributed by atoms with Crippen molar-refractivity contribution in [2.24, 2.45) is 5.10 Å². The van der Waals surface area contributed by atoms with Crippen LogP contribution in [0, 0.1) is 13.8 Å². The van der Waals surface area contributed by atoms with E-state index in [2.05, 4.69) is 15.6 Å². The summed E-state index contributed by atoms with van der Waals surface area (Å²) in [6, 6.07) is 20.4. The summed E-state index contributed by atoms with van der Waals surface area (Å²) in [4.78, 5) is 13.0. The summed E-state index contributed by atoms with van der Waals surface area (Å²) in [5.74, 6) is -0.0123. The van der Waals surface area contributed by atoms with Crippen LogP contribution in [0.4, 0.5) is 5.69 Å². The summed E-state index contributed by atoms with van der Waals surface area (Å²) in [5, 5.41) is 8.56. The van der Waals surface area contributed by atoms with Gasteiger partial charge in [0.25, 0.3) is 15.9 Å². The van der Waals surface area contributed by atoms with E-state index in [1.807, 2.05) is 44.2 Å². The molecule has 4 rings (SSSR count). The number of amides is 1. The number of benzene rings is 3. The number of methoxy groups -OCH3 is 2. The molecule has 1 N–H and O–H groups in total. The Balaban J connectivity index is 1.61. The standard InChI is InChI=1S/C28H28ClN5O5S/c1-19-10-13-23(14-11-19)40(36,37)33(25-15-12-22(38-3)16-26(25)39-4)18-27(35)31-30-17-24-20(2)34(32-28(24)29)21-8-6-5-7-9-21/h5-17H,18H2,1-4H3,(H,31,35)/b30-17-. The monoisotopic (exact) mass is 581 g/mol. The smallest absolute Gasteiger partial charge is 0.264 e. The fraction of sp³-hybridized carbons (Fsp3) is 0.179. The number of anilines is 1. The van der Waals surface area contributed by atoms with E-state index in [1.54, 1.807) is 22.9 Å². The molecular formula is C28H28ClN5O5S. The minimum Gasteiger partial charge on any atom is -0.497 e. The zero-order chi connectivity index (χ0) is 28.9. The van der Waals surface area contributed by atoms with Crippen LogP contribution >= 0.6 is 11.6 Å². The molecule has 0 atom stereocenters. The van der Waals surface area contributed by atoms with Gasteiger partial charge < -0.3 is 9.47 Å². The Morgan fingerprint density at radius 3 is 2.40 bits per heavy atom. The van der Waals surface area contributed by atoms with Crippen molar-refractivity contribution in [1.82, 2.24) is 15.2 Å². The van der Waals surface area contributed by atoms with Crippen molar-refractivity contribution in [3.63, 3.8) is 0 Å². The lowest BCUT2D eigenvalue weighted by Crippen LogP contribution is -2.39. The summed E-state index contributed by atoms with van der Waals surface area (Å²) in [7, 11) is -1.28. The molecule has 0 saturated carbocycles. The lowest BCUT2D eigenvalue weighted by molar-refractivity contribution is -0.119. The fourth-order valence-electron chi connectivity index (χ4n) is 3.91. The third-order valence-electron chi connectivity index (χ3n) is 6.05. The Kier molecular flexibility index (Phi) is 8.76. The van der Waals surface area contributed by atoms with Crippen LogP contribution in [0.3, 0.4) is 0 Å². The molecule has 3 aromatic carbocycles. The average molecular weight is 582 g/mol. The third kappa shape index (κ3) is 6.11. The first-order chi connectivity index (χ1) is 19.1. The summed E-state index contributed by atoms with van der Waals surface area (Å²) in [6.45, 7) is 3.09. The van der Waals surface area contributed by atoms with E-state index in [-0.39, 0.29) is 21.5 Å². The first-order valence-corrected chi connectivity index (χ1v) is 13.9. The molecule has 0 aliphatic rings. The molecule has 0 unspecified atom stereocenters. The number of nitrogens with zero attached hydrogens (tertiary/aromatic N) is 4. The molecule has 1 aromatic heterocycles. The molecule has 0 aliphatic carbocycles. The Morgan fingerprint density at radius 1 is 1.05 bits per heavy atom. The summed E-state index contributed by atoms with van der Waals surface area (Å²) < 4.78 is 40.7. The third-order valence-corrected chi connectivity index (χ3v) is 8.11. The van der Waals surface area contributed by atoms with Crippen molar-refractivity contribution >= 4 is 39.4 Å². The summed E-state index contributed by atoms with van der Waals surface area (Å²) in [6.07, 6.45) is 1.37. The van der Waals surface area contributed by atoms with Gasteiger partial charge in [-0.15, -0.1) is 0 Å². The van der Waals surface area contributed by atoms with Crippen LogP contribution in [-0.4, -0.2) is 51.1 Å². The van der Waals surface area contributed by atoms with Gasteiger partial charge in [0, 0.05) is 6.07 Å². The SMILES string of the molecule is COc1ccc(N(CC(=O)N/N=C\c2c(Cl)nn(-c3ccccc3)c2C)S(=O)(=O)c2ccc(C)cc2)c(OC)c1. The molecule has 0 bridgehead atoms. The lowest BCUT2D eigenvalue weighted by atomic mass is 10.2. The number of aryl methyl sites for hydroxylation is 1. The molecule has 0 saturated heterocycles. The van der Waals surface area contributed by atoms with E-state index in [1.165, 1.54) is 44.7 Å². The second-order valence-corrected chi connectivity index (χ2v) is 10.9. The number of halogens is 1.